The number of carbonyl (C=O) groups is 1. The van der Waals surface area contributed by atoms with Crippen LogP contribution in [0.15, 0.2) is 65.7 Å². The van der Waals surface area contributed by atoms with Crippen molar-refractivity contribution in [3.63, 3.8) is 0 Å². The monoisotopic (exact) mass is 463 g/mol. The van der Waals surface area contributed by atoms with Crippen LogP contribution in [0.1, 0.15) is 31.7 Å². The number of halogens is 1. The molecule has 0 saturated heterocycles. The summed E-state index contributed by atoms with van der Waals surface area (Å²) >= 11 is 0. The maximum atomic E-state index is 13.0. The summed E-state index contributed by atoms with van der Waals surface area (Å²) < 4.78 is 21.6. The summed E-state index contributed by atoms with van der Waals surface area (Å²) in [6, 6.07) is 13.3. The van der Waals surface area contributed by atoms with Crippen LogP contribution in [0.25, 0.3) is 11.3 Å². The van der Waals surface area contributed by atoms with Crippen LogP contribution in [0.2, 0.25) is 0 Å². The van der Waals surface area contributed by atoms with Crippen molar-refractivity contribution in [1.29, 1.82) is 0 Å². The number of nitrogens with zero attached hydrogens (tertiary/aromatic N) is 4. The number of fused-ring (bicyclic) bond motifs is 1. The second-order valence-electron chi connectivity index (χ2n) is 8.13. The maximum absolute atomic E-state index is 13.0. The highest BCUT2D eigenvalue weighted by Crippen LogP contribution is 2.15. The van der Waals surface area contributed by atoms with Gasteiger partial charge in [-0.15, -0.1) is 10.2 Å². The molecule has 0 aliphatic carbocycles. The topological polar surface area (TPSA) is 90.5 Å². The number of amides is 1. The van der Waals surface area contributed by atoms with E-state index in [-0.39, 0.29) is 28.8 Å². The predicted octanol–water partition coefficient (Wildman–Crippen LogP) is 3.30. The lowest BCUT2D eigenvalue weighted by Crippen LogP contribution is -2.25. The highest BCUT2D eigenvalue weighted by Gasteiger charge is 2.16. The van der Waals surface area contributed by atoms with Crippen LogP contribution >= 0.6 is 0 Å². The highest BCUT2D eigenvalue weighted by atomic mass is 19.1. The van der Waals surface area contributed by atoms with Crippen molar-refractivity contribution in [3.8, 4) is 11.4 Å². The molecule has 0 unspecified atom stereocenters. The molecular formula is C25H26FN5O3. The lowest BCUT2D eigenvalue weighted by atomic mass is 10.0. The zero-order chi connectivity index (χ0) is 24.1. The molecule has 0 saturated carbocycles. The standard InChI is InChI=1S/C25H26FN5O3/c1-3-34-21-10-8-20(9-11-21)30-12-13-31-22(28-29-24(31)25(30)33)14-17(2)15-23(32)27-16-18-4-6-19(26)7-5-18/h4-13,17H,3,14-16H2,1-2H3,(H,27,32)/t17-/m0/s1. The molecule has 1 N–H and O–H groups in total. The predicted molar refractivity (Wildman–Crippen MR) is 125 cm³/mol. The summed E-state index contributed by atoms with van der Waals surface area (Å²) in [5.41, 5.74) is 1.47. The minimum atomic E-state index is -0.310. The van der Waals surface area contributed by atoms with Crippen molar-refractivity contribution in [2.45, 2.75) is 33.2 Å². The Labute approximate surface area is 196 Å². The summed E-state index contributed by atoms with van der Waals surface area (Å²) in [4.78, 5) is 25.3. The van der Waals surface area contributed by atoms with Gasteiger partial charge in [0, 0.05) is 37.5 Å². The van der Waals surface area contributed by atoms with Gasteiger partial charge in [0.15, 0.2) is 0 Å². The van der Waals surface area contributed by atoms with Gasteiger partial charge in [-0.3, -0.25) is 18.6 Å². The van der Waals surface area contributed by atoms with Gasteiger partial charge in [-0.1, -0.05) is 19.1 Å². The number of aromatic nitrogens is 4. The molecule has 176 valence electrons. The average molecular weight is 464 g/mol. The van der Waals surface area contributed by atoms with Crippen LogP contribution in [0, 0.1) is 11.7 Å². The number of rotatable bonds is 9. The van der Waals surface area contributed by atoms with Gasteiger partial charge in [0.2, 0.25) is 11.6 Å². The van der Waals surface area contributed by atoms with Gasteiger partial charge in [-0.25, -0.2) is 4.39 Å². The van der Waals surface area contributed by atoms with Crippen molar-refractivity contribution < 1.29 is 13.9 Å². The molecule has 0 aliphatic rings. The van der Waals surface area contributed by atoms with E-state index in [0.717, 1.165) is 11.3 Å². The Hall–Kier alpha value is -4.01. The van der Waals surface area contributed by atoms with Crippen LogP contribution in [-0.2, 0) is 17.8 Å². The molecular weight excluding hydrogens is 437 g/mol. The van der Waals surface area contributed by atoms with Crippen molar-refractivity contribution in [1.82, 2.24) is 24.5 Å². The Morgan fingerprint density at radius 1 is 1.09 bits per heavy atom. The number of hydrogen-bond acceptors (Lipinski definition) is 5. The smallest absolute Gasteiger partial charge is 0.300 e. The molecule has 0 aliphatic heterocycles. The molecule has 0 spiro atoms. The Bertz CT molecular complexity index is 1330. The zero-order valence-electron chi connectivity index (χ0n) is 19.1. The average Bonchev–Trinajstić information content (AvgIpc) is 3.23. The van der Waals surface area contributed by atoms with Crippen molar-refractivity contribution in [2.75, 3.05) is 6.61 Å². The fourth-order valence-electron chi connectivity index (χ4n) is 3.72. The van der Waals surface area contributed by atoms with Gasteiger partial charge >= 0.3 is 5.56 Å². The third kappa shape index (κ3) is 5.31. The van der Waals surface area contributed by atoms with Crippen LogP contribution < -0.4 is 15.6 Å². The number of benzene rings is 2. The molecule has 1 amide bonds. The Morgan fingerprint density at radius 3 is 2.53 bits per heavy atom. The second-order valence-corrected chi connectivity index (χ2v) is 8.13. The molecule has 8 nitrogen and oxygen atoms in total. The number of carbonyl (C=O) groups excluding carboxylic acids is 1. The molecule has 4 rings (SSSR count). The van der Waals surface area contributed by atoms with E-state index in [0.29, 0.717) is 37.5 Å². The summed E-state index contributed by atoms with van der Waals surface area (Å²) in [6.07, 6.45) is 4.21. The van der Waals surface area contributed by atoms with E-state index in [4.69, 9.17) is 4.74 Å². The van der Waals surface area contributed by atoms with Crippen molar-refractivity contribution in [3.05, 3.63) is 88.5 Å². The van der Waals surface area contributed by atoms with E-state index in [1.807, 2.05) is 38.1 Å². The quantitative estimate of drug-likeness (QED) is 0.411. The van der Waals surface area contributed by atoms with Gasteiger partial charge in [-0.2, -0.15) is 0 Å². The fraction of sp³-hybridized carbons (Fsp3) is 0.280. The van der Waals surface area contributed by atoms with Crippen LogP contribution in [0.4, 0.5) is 4.39 Å². The largest absolute Gasteiger partial charge is 0.494 e. The normalized spacial score (nSPS) is 12.0. The number of hydrogen-bond donors (Lipinski definition) is 1. The molecule has 0 fully saturated rings. The Balaban J connectivity index is 1.41. The summed E-state index contributed by atoms with van der Waals surface area (Å²) in [7, 11) is 0. The molecule has 2 aromatic heterocycles. The molecule has 34 heavy (non-hydrogen) atoms. The fourth-order valence-corrected chi connectivity index (χ4v) is 3.72. The SMILES string of the molecule is CCOc1ccc(-n2ccn3c(C[C@H](C)CC(=O)NCc4ccc(F)cc4)nnc3c2=O)cc1. The summed E-state index contributed by atoms with van der Waals surface area (Å²) in [5.74, 6) is 0.916. The van der Waals surface area contributed by atoms with E-state index < -0.39 is 0 Å². The van der Waals surface area contributed by atoms with Crippen LogP contribution in [0.5, 0.6) is 5.75 Å². The molecule has 1 atom stereocenters. The molecule has 9 heteroatoms. The van der Waals surface area contributed by atoms with E-state index in [1.165, 1.54) is 16.7 Å². The van der Waals surface area contributed by atoms with Crippen molar-refractivity contribution in [2.24, 2.45) is 5.92 Å². The second kappa shape index (κ2) is 10.3. The zero-order valence-corrected chi connectivity index (χ0v) is 19.1. The first kappa shape index (κ1) is 23.2. The van der Waals surface area contributed by atoms with Gasteiger partial charge in [0.1, 0.15) is 17.4 Å². The maximum Gasteiger partial charge on any atom is 0.300 e. The molecule has 2 heterocycles. The van der Waals surface area contributed by atoms with E-state index in [9.17, 15) is 14.0 Å². The summed E-state index contributed by atoms with van der Waals surface area (Å²) in [5, 5.41) is 11.1. The first-order valence-corrected chi connectivity index (χ1v) is 11.1. The number of nitrogens with one attached hydrogen (secondary N) is 1. The molecule has 0 bridgehead atoms. The molecule has 2 aromatic carbocycles. The highest BCUT2D eigenvalue weighted by molar-refractivity contribution is 5.76. The molecule has 0 radical (unpaired) electrons. The first-order chi connectivity index (χ1) is 16.4. The van der Waals surface area contributed by atoms with Crippen molar-refractivity contribution >= 4 is 11.6 Å². The van der Waals surface area contributed by atoms with Gasteiger partial charge in [-0.05, 0) is 54.8 Å². The number of ether oxygens (including phenoxy) is 1. The van der Waals surface area contributed by atoms with E-state index in [1.54, 1.807) is 28.9 Å². The minimum Gasteiger partial charge on any atom is -0.494 e. The van der Waals surface area contributed by atoms with Crippen LogP contribution in [-0.4, -0.2) is 31.7 Å². The van der Waals surface area contributed by atoms with E-state index in [2.05, 4.69) is 15.5 Å². The van der Waals surface area contributed by atoms with Gasteiger partial charge < -0.3 is 10.1 Å². The molecule has 4 aromatic rings. The van der Waals surface area contributed by atoms with Gasteiger partial charge in [0.05, 0.1) is 6.61 Å². The Kier molecular flexibility index (Phi) is 7.01. The summed E-state index contributed by atoms with van der Waals surface area (Å²) in [6.45, 7) is 4.77. The minimum absolute atomic E-state index is 0.0193. The van der Waals surface area contributed by atoms with Crippen LogP contribution in [0.3, 0.4) is 0 Å². The van der Waals surface area contributed by atoms with Gasteiger partial charge in [0.25, 0.3) is 0 Å². The van der Waals surface area contributed by atoms with E-state index >= 15 is 0 Å². The Morgan fingerprint density at radius 2 is 1.82 bits per heavy atom. The first-order valence-electron chi connectivity index (χ1n) is 11.1. The third-order valence-electron chi connectivity index (χ3n) is 5.44. The third-order valence-corrected chi connectivity index (χ3v) is 5.44. The lowest BCUT2D eigenvalue weighted by molar-refractivity contribution is -0.122. The lowest BCUT2D eigenvalue weighted by Gasteiger charge is -2.11.